The molecule has 0 unspecified atom stereocenters. The number of thiazole rings is 1. The van der Waals surface area contributed by atoms with Gasteiger partial charge in [-0.15, -0.1) is 22.7 Å². The second kappa shape index (κ2) is 5.57. The van der Waals surface area contributed by atoms with Crippen LogP contribution in [0.15, 0.2) is 14.1 Å². The second-order valence-electron chi connectivity index (χ2n) is 4.39. The Labute approximate surface area is 138 Å². The average molecular weight is 414 g/mol. The first-order chi connectivity index (χ1) is 9.45. The fourth-order valence-corrected chi connectivity index (χ4v) is 6.70. The number of nitrogens with zero attached hydrogens (tertiary/aromatic N) is 1. The summed E-state index contributed by atoms with van der Waals surface area (Å²) < 4.78 is 27.9. The van der Waals surface area contributed by atoms with Gasteiger partial charge in [-0.2, -0.15) is 0 Å². The monoisotopic (exact) mass is 412 g/mol. The van der Waals surface area contributed by atoms with Crippen molar-refractivity contribution in [3.63, 3.8) is 0 Å². The van der Waals surface area contributed by atoms with E-state index in [-0.39, 0.29) is 4.21 Å². The molecule has 0 saturated carbocycles. The Morgan fingerprint density at radius 2 is 2.05 bits per heavy atom. The predicted molar refractivity (Wildman–Crippen MR) is 86.6 cm³/mol. The van der Waals surface area contributed by atoms with Crippen molar-refractivity contribution in [2.45, 2.75) is 29.9 Å². The Hall–Kier alpha value is -0.150. The Morgan fingerprint density at radius 3 is 2.70 bits per heavy atom. The lowest BCUT2D eigenvalue weighted by Gasteiger charge is -2.06. The topological polar surface area (TPSA) is 59.1 Å². The van der Waals surface area contributed by atoms with Gasteiger partial charge in [0.1, 0.15) is 4.21 Å². The molecule has 1 N–H and O–H groups in total. The molecule has 20 heavy (non-hydrogen) atoms. The van der Waals surface area contributed by atoms with Crippen LogP contribution in [-0.2, 0) is 22.9 Å². The van der Waals surface area contributed by atoms with Crippen molar-refractivity contribution < 1.29 is 8.42 Å². The fraction of sp³-hybridized carbons (Fsp3) is 0.364. The van der Waals surface area contributed by atoms with Crippen LogP contribution in [0.25, 0.3) is 0 Å². The lowest BCUT2D eigenvalue weighted by molar-refractivity contribution is 0.603. The van der Waals surface area contributed by atoms with Gasteiger partial charge in [0.05, 0.1) is 14.5 Å². The van der Waals surface area contributed by atoms with Gasteiger partial charge in [-0.25, -0.2) is 13.4 Å². The van der Waals surface area contributed by atoms with Gasteiger partial charge in [0.2, 0.25) is 0 Å². The summed E-state index contributed by atoms with van der Waals surface area (Å²) in [4.78, 5) is 5.57. The number of nitrogens with one attached hydrogen (secondary N) is 1. The number of hydrogen-bond donors (Lipinski definition) is 1. The predicted octanol–water partition coefficient (Wildman–Crippen LogP) is 4.30. The summed E-state index contributed by atoms with van der Waals surface area (Å²) >= 11 is 11.6. The van der Waals surface area contributed by atoms with Crippen molar-refractivity contribution in [3.8, 4) is 0 Å². The van der Waals surface area contributed by atoms with E-state index in [1.807, 2.05) is 0 Å². The zero-order valence-corrected chi connectivity index (χ0v) is 14.9. The number of fused-ring (bicyclic) bond motifs is 1. The van der Waals surface area contributed by atoms with E-state index in [0.717, 1.165) is 42.7 Å². The molecule has 1 aliphatic rings. The van der Waals surface area contributed by atoms with E-state index >= 15 is 0 Å². The summed E-state index contributed by atoms with van der Waals surface area (Å²) in [5, 5.41) is 0.839. The highest BCUT2D eigenvalue weighted by Crippen LogP contribution is 2.36. The minimum absolute atomic E-state index is 0.183. The summed E-state index contributed by atoms with van der Waals surface area (Å²) in [6, 6.07) is 1.44. The van der Waals surface area contributed by atoms with Crippen molar-refractivity contribution >= 4 is 65.4 Å². The molecule has 108 valence electrons. The van der Waals surface area contributed by atoms with Gasteiger partial charge in [-0.05, 0) is 47.7 Å². The summed E-state index contributed by atoms with van der Waals surface area (Å²) in [6.45, 7) is 0. The Bertz CT molecular complexity index is 711. The first kappa shape index (κ1) is 14.8. The Kier molecular flexibility index (Phi) is 4.11. The smallest absolute Gasteiger partial charge is 0.254 e. The number of anilines is 1. The molecule has 9 heteroatoms. The van der Waals surface area contributed by atoms with E-state index < -0.39 is 10.0 Å². The van der Waals surface area contributed by atoms with Gasteiger partial charge in [0, 0.05) is 4.88 Å². The van der Waals surface area contributed by atoms with Gasteiger partial charge in [-0.3, -0.25) is 4.72 Å². The molecule has 3 rings (SSSR count). The highest BCUT2D eigenvalue weighted by molar-refractivity contribution is 9.11. The number of aryl methyl sites for hydroxylation is 2. The number of thiophene rings is 1. The van der Waals surface area contributed by atoms with Crippen LogP contribution in [0.2, 0.25) is 5.02 Å². The number of rotatable bonds is 3. The van der Waals surface area contributed by atoms with Crippen LogP contribution < -0.4 is 4.72 Å². The van der Waals surface area contributed by atoms with Crippen molar-refractivity contribution in [1.82, 2.24) is 4.98 Å². The number of aromatic nitrogens is 1. The van der Waals surface area contributed by atoms with Crippen LogP contribution in [-0.4, -0.2) is 13.4 Å². The Morgan fingerprint density at radius 1 is 1.30 bits per heavy atom. The molecule has 0 amide bonds. The van der Waals surface area contributed by atoms with E-state index in [2.05, 4.69) is 25.6 Å². The third kappa shape index (κ3) is 2.89. The normalized spacial score (nSPS) is 15.1. The minimum atomic E-state index is -3.61. The van der Waals surface area contributed by atoms with E-state index in [4.69, 9.17) is 11.6 Å². The molecule has 1 aliphatic carbocycles. The summed E-state index contributed by atoms with van der Waals surface area (Å²) in [6.07, 6.45) is 4.19. The maximum atomic E-state index is 12.3. The molecule has 0 saturated heterocycles. The standard InChI is InChI=1S/C11H10BrClN2O2S3/c12-10-6(13)5-9(19-10)20(16,17)15-11-14-7-3-1-2-4-8(7)18-11/h5H,1-4H2,(H,14,15). The van der Waals surface area contributed by atoms with Gasteiger partial charge < -0.3 is 0 Å². The highest BCUT2D eigenvalue weighted by Gasteiger charge is 2.22. The van der Waals surface area contributed by atoms with Gasteiger partial charge in [0.25, 0.3) is 10.0 Å². The molecule has 2 aromatic heterocycles. The molecular weight excluding hydrogens is 404 g/mol. The SMILES string of the molecule is O=S(=O)(Nc1nc2c(s1)CCCC2)c1cc(Cl)c(Br)s1. The Balaban J connectivity index is 1.88. The first-order valence-electron chi connectivity index (χ1n) is 5.92. The number of halogens is 2. The largest absolute Gasteiger partial charge is 0.273 e. The molecule has 0 bridgehead atoms. The molecule has 2 aromatic rings. The van der Waals surface area contributed by atoms with Crippen molar-refractivity contribution in [2.75, 3.05) is 4.72 Å². The van der Waals surface area contributed by atoms with E-state index in [9.17, 15) is 8.42 Å². The van der Waals surface area contributed by atoms with Crippen molar-refractivity contribution in [3.05, 3.63) is 25.4 Å². The second-order valence-corrected chi connectivity index (χ2v) is 10.2. The fourth-order valence-electron chi connectivity index (χ4n) is 2.02. The van der Waals surface area contributed by atoms with Crippen molar-refractivity contribution in [1.29, 1.82) is 0 Å². The lowest BCUT2D eigenvalue weighted by Crippen LogP contribution is -2.11. The maximum Gasteiger partial charge on any atom is 0.273 e. The summed E-state index contributed by atoms with van der Waals surface area (Å²) in [5.41, 5.74) is 1.03. The van der Waals surface area contributed by atoms with E-state index in [1.165, 1.54) is 22.3 Å². The van der Waals surface area contributed by atoms with Crippen molar-refractivity contribution in [2.24, 2.45) is 0 Å². The zero-order valence-electron chi connectivity index (χ0n) is 10.2. The lowest BCUT2D eigenvalue weighted by atomic mass is 10.0. The molecule has 0 radical (unpaired) electrons. The average Bonchev–Trinajstić information content (AvgIpc) is 2.93. The molecule has 2 heterocycles. The van der Waals surface area contributed by atoms with Gasteiger partial charge in [-0.1, -0.05) is 11.6 Å². The minimum Gasteiger partial charge on any atom is -0.254 e. The number of hydrogen-bond acceptors (Lipinski definition) is 5. The van der Waals surface area contributed by atoms with Crippen LogP contribution in [0.4, 0.5) is 5.13 Å². The molecular formula is C11H10BrClN2O2S3. The van der Waals surface area contributed by atoms with Crippen LogP contribution in [0.1, 0.15) is 23.4 Å². The third-order valence-electron chi connectivity index (χ3n) is 2.95. The molecule has 0 aromatic carbocycles. The van der Waals surface area contributed by atoms with E-state index in [1.54, 1.807) is 0 Å². The van der Waals surface area contributed by atoms with E-state index in [0.29, 0.717) is 13.9 Å². The quantitative estimate of drug-likeness (QED) is 0.816. The summed E-state index contributed by atoms with van der Waals surface area (Å²) in [5.74, 6) is 0. The maximum absolute atomic E-state index is 12.3. The van der Waals surface area contributed by atoms with Crippen LogP contribution in [0.5, 0.6) is 0 Å². The molecule has 0 atom stereocenters. The van der Waals surface area contributed by atoms with Crippen LogP contribution >= 0.6 is 50.2 Å². The molecule has 0 fully saturated rings. The first-order valence-corrected chi connectivity index (χ1v) is 10.2. The molecule has 4 nitrogen and oxygen atoms in total. The molecule has 0 aliphatic heterocycles. The van der Waals surface area contributed by atoms with Gasteiger partial charge >= 0.3 is 0 Å². The highest BCUT2D eigenvalue weighted by atomic mass is 79.9. The van der Waals surface area contributed by atoms with Crippen LogP contribution in [0, 0.1) is 0 Å². The molecule has 0 spiro atoms. The summed E-state index contributed by atoms with van der Waals surface area (Å²) in [7, 11) is -3.61. The zero-order chi connectivity index (χ0) is 14.3. The number of sulfonamides is 1. The third-order valence-corrected chi connectivity index (χ3v) is 8.44. The van der Waals surface area contributed by atoms with Crippen LogP contribution in [0.3, 0.4) is 0 Å². The van der Waals surface area contributed by atoms with Gasteiger partial charge in [0.15, 0.2) is 5.13 Å².